The number of ether oxygens (including phenoxy) is 2. The maximum absolute atomic E-state index is 12.8. The summed E-state index contributed by atoms with van der Waals surface area (Å²) in [5.74, 6) is 0.253. The molecule has 4 nitrogen and oxygen atoms in total. The number of aliphatic hydroxyl groups excluding tert-OH is 1. The molecule has 0 spiro atoms. The van der Waals surface area contributed by atoms with E-state index in [2.05, 4.69) is 17.0 Å². The van der Waals surface area contributed by atoms with Crippen molar-refractivity contribution in [2.75, 3.05) is 32.8 Å². The van der Waals surface area contributed by atoms with Crippen LogP contribution in [0.2, 0.25) is 0 Å². The maximum atomic E-state index is 12.8. The molecule has 5 heteroatoms. The Labute approximate surface area is 141 Å². The van der Waals surface area contributed by atoms with Crippen molar-refractivity contribution >= 4 is 0 Å². The van der Waals surface area contributed by atoms with E-state index in [1.165, 1.54) is 12.1 Å². The van der Waals surface area contributed by atoms with Crippen molar-refractivity contribution in [2.45, 2.75) is 12.2 Å². The minimum atomic E-state index is -0.607. The van der Waals surface area contributed by atoms with Gasteiger partial charge in [0.15, 0.2) is 0 Å². The average Bonchev–Trinajstić information content (AvgIpc) is 2.62. The second-order valence-corrected chi connectivity index (χ2v) is 5.95. The first-order chi connectivity index (χ1) is 11.7. The minimum absolute atomic E-state index is 0.0326. The van der Waals surface area contributed by atoms with Crippen molar-refractivity contribution in [2.24, 2.45) is 0 Å². The van der Waals surface area contributed by atoms with Gasteiger partial charge in [0.05, 0.1) is 12.7 Å². The summed E-state index contributed by atoms with van der Waals surface area (Å²) in [4.78, 5) is 2.18. The van der Waals surface area contributed by atoms with Gasteiger partial charge in [0.1, 0.15) is 24.3 Å². The van der Waals surface area contributed by atoms with Gasteiger partial charge in [-0.25, -0.2) is 4.39 Å². The van der Waals surface area contributed by atoms with Crippen LogP contribution in [-0.4, -0.2) is 49.0 Å². The van der Waals surface area contributed by atoms with Crippen LogP contribution >= 0.6 is 0 Å². The third-order valence-corrected chi connectivity index (χ3v) is 4.05. The molecule has 0 amide bonds. The fourth-order valence-corrected chi connectivity index (χ4v) is 2.81. The number of β-amino-alcohol motifs (C(OH)–C–C–N with tert-alkyl or cyclic N) is 1. The first-order valence-corrected chi connectivity index (χ1v) is 8.16. The van der Waals surface area contributed by atoms with Crippen LogP contribution in [0.4, 0.5) is 4.39 Å². The zero-order valence-electron chi connectivity index (χ0n) is 13.5. The molecule has 1 aliphatic rings. The molecule has 2 unspecified atom stereocenters. The van der Waals surface area contributed by atoms with Crippen molar-refractivity contribution in [3.63, 3.8) is 0 Å². The lowest BCUT2D eigenvalue weighted by molar-refractivity contribution is -0.0459. The molecule has 24 heavy (non-hydrogen) atoms. The van der Waals surface area contributed by atoms with Crippen molar-refractivity contribution < 1.29 is 19.0 Å². The number of hydrogen-bond donors (Lipinski definition) is 1. The lowest BCUT2D eigenvalue weighted by Gasteiger charge is -2.34. The van der Waals surface area contributed by atoms with Gasteiger partial charge >= 0.3 is 0 Å². The van der Waals surface area contributed by atoms with Crippen LogP contribution in [0.3, 0.4) is 0 Å². The van der Waals surface area contributed by atoms with E-state index in [4.69, 9.17) is 9.47 Å². The van der Waals surface area contributed by atoms with Crippen LogP contribution in [0.25, 0.3) is 0 Å². The van der Waals surface area contributed by atoms with E-state index < -0.39 is 6.10 Å². The first kappa shape index (κ1) is 16.9. The molecule has 0 bridgehead atoms. The normalized spacial score (nSPS) is 19.8. The smallest absolute Gasteiger partial charge is 0.123 e. The van der Waals surface area contributed by atoms with E-state index >= 15 is 0 Å². The highest BCUT2D eigenvalue weighted by molar-refractivity contribution is 5.22. The second kappa shape index (κ2) is 8.24. The van der Waals surface area contributed by atoms with Crippen LogP contribution in [0, 0.1) is 5.82 Å². The van der Waals surface area contributed by atoms with Gasteiger partial charge in [0, 0.05) is 19.6 Å². The second-order valence-electron chi connectivity index (χ2n) is 5.95. The molecular formula is C19H22FNO3. The summed E-state index contributed by atoms with van der Waals surface area (Å²) in [6.07, 6.45) is -0.574. The van der Waals surface area contributed by atoms with E-state index in [1.807, 2.05) is 18.2 Å². The number of aliphatic hydroxyl groups is 1. The molecule has 1 heterocycles. The Morgan fingerprint density at radius 2 is 1.92 bits per heavy atom. The van der Waals surface area contributed by atoms with Crippen LogP contribution in [0.1, 0.15) is 11.7 Å². The molecular weight excluding hydrogens is 309 g/mol. The van der Waals surface area contributed by atoms with Crippen molar-refractivity contribution in [1.29, 1.82) is 0 Å². The van der Waals surface area contributed by atoms with Gasteiger partial charge in [0.25, 0.3) is 0 Å². The Kier molecular flexibility index (Phi) is 5.80. The number of hydrogen-bond acceptors (Lipinski definition) is 4. The summed E-state index contributed by atoms with van der Waals surface area (Å²) in [5.41, 5.74) is 1.15. The van der Waals surface area contributed by atoms with E-state index in [9.17, 15) is 9.50 Å². The maximum Gasteiger partial charge on any atom is 0.123 e. The monoisotopic (exact) mass is 331 g/mol. The summed E-state index contributed by atoms with van der Waals surface area (Å²) in [6, 6.07) is 15.9. The SMILES string of the molecule is OC(COc1ccc(F)cc1)CN1CCOC(c2ccccc2)C1. The number of nitrogens with zero attached hydrogens (tertiary/aromatic N) is 1. The Morgan fingerprint density at radius 3 is 2.67 bits per heavy atom. The van der Waals surface area contributed by atoms with E-state index in [-0.39, 0.29) is 18.5 Å². The summed E-state index contributed by atoms with van der Waals surface area (Å²) < 4.78 is 24.2. The quantitative estimate of drug-likeness (QED) is 0.884. The Hall–Kier alpha value is -1.95. The van der Waals surface area contributed by atoms with Gasteiger partial charge in [-0.15, -0.1) is 0 Å². The Morgan fingerprint density at radius 1 is 1.17 bits per heavy atom. The van der Waals surface area contributed by atoms with Gasteiger partial charge < -0.3 is 14.6 Å². The molecule has 0 saturated carbocycles. The summed E-state index contributed by atoms with van der Waals surface area (Å²) in [7, 11) is 0. The van der Waals surface area contributed by atoms with Gasteiger partial charge in [-0.2, -0.15) is 0 Å². The fourth-order valence-electron chi connectivity index (χ4n) is 2.81. The predicted molar refractivity (Wildman–Crippen MR) is 89.5 cm³/mol. The molecule has 0 aliphatic carbocycles. The molecule has 128 valence electrons. The molecule has 1 fully saturated rings. The molecule has 1 aliphatic heterocycles. The fraction of sp³-hybridized carbons (Fsp3) is 0.368. The minimum Gasteiger partial charge on any atom is -0.491 e. The van der Waals surface area contributed by atoms with Gasteiger partial charge in [-0.3, -0.25) is 4.90 Å². The molecule has 0 radical (unpaired) electrons. The summed E-state index contributed by atoms with van der Waals surface area (Å²) in [6.45, 7) is 2.88. The van der Waals surface area contributed by atoms with Crippen molar-refractivity contribution in [3.8, 4) is 5.75 Å². The number of morpholine rings is 1. The van der Waals surface area contributed by atoms with Crippen molar-refractivity contribution in [1.82, 2.24) is 4.90 Å². The van der Waals surface area contributed by atoms with Crippen LogP contribution in [0.15, 0.2) is 54.6 Å². The number of benzene rings is 2. The highest BCUT2D eigenvalue weighted by Crippen LogP contribution is 2.22. The lowest BCUT2D eigenvalue weighted by atomic mass is 10.1. The summed E-state index contributed by atoms with van der Waals surface area (Å²) >= 11 is 0. The molecule has 1 N–H and O–H groups in total. The zero-order valence-corrected chi connectivity index (χ0v) is 13.5. The molecule has 3 rings (SSSR count). The predicted octanol–water partition coefficient (Wildman–Crippen LogP) is 2.64. The van der Waals surface area contributed by atoms with Crippen LogP contribution in [-0.2, 0) is 4.74 Å². The highest BCUT2D eigenvalue weighted by Gasteiger charge is 2.23. The highest BCUT2D eigenvalue weighted by atomic mass is 19.1. The third kappa shape index (κ3) is 4.77. The van der Waals surface area contributed by atoms with Crippen molar-refractivity contribution in [3.05, 3.63) is 66.0 Å². The molecule has 2 aromatic rings. The number of halogens is 1. The number of rotatable bonds is 6. The largest absolute Gasteiger partial charge is 0.491 e. The van der Waals surface area contributed by atoms with Gasteiger partial charge in [-0.05, 0) is 29.8 Å². The Balaban J connectivity index is 1.47. The Bertz CT molecular complexity index is 620. The zero-order chi connectivity index (χ0) is 16.8. The van der Waals surface area contributed by atoms with Crippen LogP contribution in [0.5, 0.6) is 5.75 Å². The molecule has 2 atom stereocenters. The topological polar surface area (TPSA) is 41.9 Å². The lowest BCUT2D eigenvalue weighted by Crippen LogP contribution is -2.43. The summed E-state index contributed by atoms with van der Waals surface area (Å²) in [5, 5.41) is 10.2. The van der Waals surface area contributed by atoms with Gasteiger partial charge in [-0.1, -0.05) is 30.3 Å². The molecule has 0 aromatic heterocycles. The van der Waals surface area contributed by atoms with E-state index in [0.717, 1.165) is 18.7 Å². The van der Waals surface area contributed by atoms with E-state index in [0.29, 0.717) is 18.9 Å². The van der Waals surface area contributed by atoms with Gasteiger partial charge in [0.2, 0.25) is 0 Å². The van der Waals surface area contributed by atoms with E-state index in [1.54, 1.807) is 12.1 Å². The molecule has 2 aromatic carbocycles. The first-order valence-electron chi connectivity index (χ1n) is 8.16. The molecule has 1 saturated heterocycles. The average molecular weight is 331 g/mol. The van der Waals surface area contributed by atoms with Crippen LogP contribution < -0.4 is 4.74 Å². The standard InChI is InChI=1S/C19H22FNO3/c20-16-6-8-18(9-7-16)24-14-17(22)12-21-10-11-23-19(13-21)15-4-2-1-3-5-15/h1-9,17,19,22H,10-14H2. The third-order valence-electron chi connectivity index (χ3n) is 4.05.